The van der Waals surface area contributed by atoms with E-state index in [2.05, 4.69) is 10.6 Å². The maximum Gasteiger partial charge on any atom is 0.393 e. The molecule has 1 unspecified atom stereocenters. The Bertz CT molecular complexity index is 587. The summed E-state index contributed by atoms with van der Waals surface area (Å²) in [5, 5.41) is 5.12. The molecular weight excluding hydrogens is 323 g/mol. The number of alkyl halides is 3. The molecule has 1 atom stereocenters. The van der Waals surface area contributed by atoms with Gasteiger partial charge in [0.2, 0.25) is 5.91 Å². The Balaban J connectivity index is 1.87. The van der Waals surface area contributed by atoms with Gasteiger partial charge in [0.25, 0.3) is 5.91 Å². The summed E-state index contributed by atoms with van der Waals surface area (Å²) in [6.45, 7) is 0.256. The van der Waals surface area contributed by atoms with Crippen LogP contribution in [0.5, 0.6) is 0 Å². The van der Waals surface area contributed by atoms with E-state index in [4.69, 9.17) is 0 Å². The van der Waals surface area contributed by atoms with Gasteiger partial charge >= 0.3 is 6.18 Å². The lowest BCUT2D eigenvalue weighted by molar-refractivity contribution is -0.186. The number of amides is 2. The average molecular weight is 343 g/mol. The Kier molecular flexibility index (Phi) is 5.82. The molecule has 0 spiro atoms. The van der Waals surface area contributed by atoms with E-state index in [0.29, 0.717) is 24.2 Å². The number of carbonyl (C=O) groups excluding carboxylic acids is 2. The third kappa shape index (κ3) is 4.95. The van der Waals surface area contributed by atoms with Crippen LogP contribution >= 0.6 is 0 Å². The van der Waals surface area contributed by atoms with Crippen molar-refractivity contribution in [2.24, 2.45) is 5.92 Å². The van der Waals surface area contributed by atoms with Crippen LogP contribution in [-0.4, -0.2) is 49.6 Å². The van der Waals surface area contributed by atoms with Crippen LogP contribution in [0.1, 0.15) is 23.2 Å². The molecule has 0 saturated carbocycles. The number of nitrogens with one attached hydrogen (secondary N) is 2. The second kappa shape index (κ2) is 7.65. The highest BCUT2D eigenvalue weighted by molar-refractivity contribution is 5.96. The zero-order valence-corrected chi connectivity index (χ0v) is 13.3. The number of piperidine rings is 1. The molecule has 0 aliphatic carbocycles. The first-order chi connectivity index (χ1) is 11.3. The average Bonchev–Trinajstić information content (AvgIpc) is 2.54. The van der Waals surface area contributed by atoms with Gasteiger partial charge in [-0.05, 0) is 43.7 Å². The summed E-state index contributed by atoms with van der Waals surface area (Å²) in [6, 6.07) is 6.29. The smallest absolute Gasteiger partial charge is 0.355 e. The van der Waals surface area contributed by atoms with Gasteiger partial charge in [0.05, 0.1) is 12.5 Å². The van der Waals surface area contributed by atoms with Crippen LogP contribution in [0.3, 0.4) is 0 Å². The van der Waals surface area contributed by atoms with Gasteiger partial charge < -0.3 is 10.6 Å². The number of hydrogen-bond donors (Lipinski definition) is 2. The quantitative estimate of drug-likeness (QED) is 0.882. The first-order valence-corrected chi connectivity index (χ1v) is 7.70. The van der Waals surface area contributed by atoms with Crippen molar-refractivity contribution in [3.63, 3.8) is 0 Å². The third-order valence-corrected chi connectivity index (χ3v) is 3.99. The fourth-order valence-electron chi connectivity index (χ4n) is 2.72. The highest BCUT2D eigenvalue weighted by Crippen LogP contribution is 2.32. The zero-order valence-electron chi connectivity index (χ0n) is 13.3. The van der Waals surface area contributed by atoms with Gasteiger partial charge in [-0.25, -0.2) is 0 Å². The van der Waals surface area contributed by atoms with Crippen molar-refractivity contribution in [3.05, 3.63) is 29.8 Å². The van der Waals surface area contributed by atoms with E-state index in [0.717, 1.165) is 0 Å². The molecule has 0 bridgehead atoms. The van der Waals surface area contributed by atoms with E-state index in [1.54, 1.807) is 24.3 Å². The largest absolute Gasteiger partial charge is 0.393 e. The lowest BCUT2D eigenvalue weighted by Crippen LogP contribution is -2.44. The normalized spacial score (nSPS) is 18.9. The lowest BCUT2D eigenvalue weighted by atomic mass is 9.97. The Morgan fingerprint density at radius 2 is 1.92 bits per heavy atom. The van der Waals surface area contributed by atoms with E-state index >= 15 is 0 Å². The Morgan fingerprint density at radius 3 is 2.50 bits per heavy atom. The van der Waals surface area contributed by atoms with Gasteiger partial charge in [-0.15, -0.1) is 0 Å². The summed E-state index contributed by atoms with van der Waals surface area (Å²) in [7, 11) is 1.52. The number of nitrogens with zero attached hydrogens (tertiary/aromatic N) is 1. The fraction of sp³-hybridized carbons (Fsp3) is 0.500. The van der Waals surface area contributed by atoms with Gasteiger partial charge in [0.15, 0.2) is 0 Å². The molecule has 1 aromatic carbocycles. The minimum Gasteiger partial charge on any atom is -0.355 e. The topological polar surface area (TPSA) is 61.4 Å². The van der Waals surface area contributed by atoms with Crippen LogP contribution in [-0.2, 0) is 4.79 Å². The zero-order chi connectivity index (χ0) is 17.7. The molecule has 2 rings (SSSR count). The van der Waals surface area contributed by atoms with Gasteiger partial charge in [-0.2, -0.15) is 13.2 Å². The number of benzene rings is 1. The van der Waals surface area contributed by atoms with Crippen LogP contribution in [0.15, 0.2) is 24.3 Å². The van der Waals surface area contributed by atoms with Crippen LogP contribution < -0.4 is 10.6 Å². The summed E-state index contributed by atoms with van der Waals surface area (Å²) < 4.78 is 38.3. The Morgan fingerprint density at radius 1 is 1.25 bits per heavy atom. The van der Waals surface area contributed by atoms with Gasteiger partial charge in [-0.3, -0.25) is 14.5 Å². The summed E-state index contributed by atoms with van der Waals surface area (Å²) in [5.41, 5.74) is 0.955. The molecule has 2 N–H and O–H groups in total. The van der Waals surface area contributed by atoms with Crippen LogP contribution in [0, 0.1) is 5.92 Å². The highest BCUT2D eigenvalue weighted by Gasteiger charge is 2.41. The van der Waals surface area contributed by atoms with Crippen LogP contribution in [0.25, 0.3) is 0 Å². The van der Waals surface area contributed by atoms with E-state index in [9.17, 15) is 22.8 Å². The molecule has 5 nitrogen and oxygen atoms in total. The van der Waals surface area contributed by atoms with Crippen molar-refractivity contribution < 1.29 is 22.8 Å². The maximum absolute atomic E-state index is 12.8. The van der Waals surface area contributed by atoms with Crippen molar-refractivity contribution in [2.75, 3.05) is 32.0 Å². The Labute approximate surface area is 138 Å². The van der Waals surface area contributed by atoms with E-state index in [-0.39, 0.29) is 31.3 Å². The molecule has 1 heterocycles. The second-order valence-corrected chi connectivity index (χ2v) is 5.82. The molecule has 2 amide bonds. The summed E-state index contributed by atoms with van der Waals surface area (Å²) in [6.07, 6.45) is -3.67. The predicted molar refractivity (Wildman–Crippen MR) is 83.7 cm³/mol. The lowest BCUT2D eigenvalue weighted by Gasteiger charge is -2.33. The monoisotopic (exact) mass is 343 g/mol. The number of halogens is 3. The Hall–Kier alpha value is -2.09. The molecule has 0 radical (unpaired) electrons. The first-order valence-electron chi connectivity index (χ1n) is 7.70. The van der Waals surface area contributed by atoms with E-state index in [1.807, 2.05) is 0 Å². The van der Waals surface area contributed by atoms with Gasteiger partial charge in [-0.1, -0.05) is 0 Å². The SMILES string of the molecule is CNC(=O)c1ccc(NC(=O)CN2CCCC(C(F)(F)F)C2)cc1. The number of anilines is 1. The molecule has 0 aromatic heterocycles. The third-order valence-electron chi connectivity index (χ3n) is 3.99. The molecule has 1 aliphatic heterocycles. The molecular formula is C16H20F3N3O2. The number of hydrogen-bond acceptors (Lipinski definition) is 3. The van der Waals surface area contributed by atoms with Gasteiger partial charge in [0, 0.05) is 24.8 Å². The van der Waals surface area contributed by atoms with Crippen LogP contribution in [0.4, 0.5) is 18.9 Å². The standard InChI is InChI=1S/C16H20F3N3O2/c1-20-15(24)11-4-6-13(7-5-11)21-14(23)10-22-8-2-3-12(9-22)16(17,18)19/h4-7,12H,2-3,8-10H2,1H3,(H,20,24)(H,21,23). The van der Waals surface area contributed by atoms with E-state index in [1.165, 1.54) is 11.9 Å². The summed E-state index contributed by atoms with van der Waals surface area (Å²) in [5.74, 6) is -1.98. The molecule has 1 aliphatic rings. The molecule has 1 fully saturated rings. The van der Waals surface area contributed by atoms with Crippen molar-refractivity contribution in [1.29, 1.82) is 0 Å². The van der Waals surface area contributed by atoms with Gasteiger partial charge in [0.1, 0.15) is 0 Å². The van der Waals surface area contributed by atoms with Crippen molar-refractivity contribution in [1.82, 2.24) is 10.2 Å². The van der Waals surface area contributed by atoms with Crippen molar-refractivity contribution in [2.45, 2.75) is 19.0 Å². The molecule has 132 valence electrons. The second-order valence-electron chi connectivity index (χ2n) is 5.82. The summed E-state index contributed by atoms with van der Waals surface area (Å²) in [4.78, 5) is 24.9. The molecule has 24 heavy (non-hydrogen) atoms. The minimum absolute atomic E-state index is 0.0796. The summed E-state index contributed by atoms with van der Waals surface area (Å²) >= 11 is 0. The molecule has 1 saturated heterocycles. The number of rotatable bonds is 4. The predicted octanol–water partition coefficient (Wildman–Crippen LogP) is 2.26. The van der Waals surface area contributed by atoms with Crippen molar-refractivity contribution in [3.8, 4) is 0 Å². The van der Waals surface area contributed by atoms with E-state index < -0.39 is 12.1 Å². The highest BCUT2D eigenvalue weighted by atomic mass is 19.4. The number of likely N-dealkylation sites (tertiary alicyclic amines) is 1. The first kappa shape index (κ1) is 18.3. The molecule has 1 aromatic rings. The van der Waals surface area contributed by atoms with Crippen LogP contribution in [0.2, 0.25) is 0 Å². The fourth-order valence-corrected chi connectivity index (χ4v) is 2.72. The maximum atomic E-state index is 12.8. The molecule has 8 heteroatoms. The minimum atomic E-state index is -4.22. The van der Waals surface area contributed by atoms with Crippen molar-refractivity contribution >= 4 is 17.5 Å². The number of carbonyl (C=O) groups is 2.